The number of aromatic nitrogens is 5. The zero-order valence-corrected chi connectivity index (χ0v) is 19.1. The summed E-state index contributed by atoms with van der Waals surface area (Å²) in [6.07, 6.45) is 5.23. The largest absolute Gasteiger partial charge is 0.339 e. The van der Waals surface area contributed by atoms with E-state index in [0.29, 0.717) is 30.0 Å². The first kappa shape index (κ1) is 22.3. The number of anilines is 3. The summed E-state index contributed by atoms with van der Waals surface area (Å²) in [5.74, 6) is 0.628. The molecule has 0 radical (unpaired) electrons. The molecule has 3 aromatic heterocycles. The van der Waals surface area contributed by atoms with Crippen LogP contribution in [0, 0.1) is 5.92 Å². The molecule has 5 rings (SSSR count). The van der Waals surface area contributed by atoms with Gasteiger partial charge in [0, 0.05) is 37.1 Å². The SMILES string of the molecule is C=CC(=O)N1CCC[C@H](CC(=O)Nc2ccc(Nc3n[nH]c4ccc(-c5ccn[nH]5)nc34)cc2)C1. The summed E-state index contributed by atoms with van der Waals surface area (Å²) < 4.78 is 0. The van der Waals surface area contributed by atoms with E-state index in [-0.39, 0.29) is 17.7 Å². The van der Waals surface area contributed by atoms with Crippen LogP contribution in [-0.4, -0.2) is 55.2 Å². The number of benzene rings is 1. The molecule has 0 bridgehead atoms. The molecular weight excluding hydrogens is 444 g/mol. The minimum Gasteiger partial charge on any atom is -0.339 e. The Hall–Kier alpha value is -4.47. The van der Waals surface area contributed by atoms with E-state index < -0.39 is 0 Å². The van der Waals surface area contributed by atoms with E-state index in [1.165, 1.54) is 6.08 Å². The highest BCUT2D eigenvalue weighted by Gasteiger charge is 2.24. The number of likely N-dealkylation sites (tertiary alicyclic amines) is 1. The van der Waals surface area contributed by atoms with Gasteiger partial charge in [0.15, 0.2) is 5.82 Å². The van der Waals surface area contributed by atoms with Crippen molar-refractivity contribution in [3.8, 4) is 11.4 Å². The Morgan fingerprint density at radius 2 is 1.94 bits per heavy atom. The molecule has 0 aliphatic carbocycles. The van der Waals surface area contributed by atoms with Crippen LogP contribution in [0.15, 0.2) is 61.3 Å². The van der Waals surface area contributed by atoms with Gasteiger partial charge in [0.05, 0.1) is 16.9 Å². The molecule has 0 unspecified atom stereocenters. The van der Waals surface area contributed by atoms with Gasteiger partial charge in [-0.1, -0.05) is 6.58 Å². The summed E-state index contributed by atoms with van der Waals surface area (Å²) in [7, 11) is 0. The normalized spacial score (nSPS) is 15.7. The van der Waals surface area contributed by atoms with Crippen LogP contribution in [0.5, 0.6) is 0 Å². The molecule has 0 saturated carbocycles. The Balaban J connectivity index is 1.21. The fourth-order valence-electron chi connectivity index (χ4n) is 4.34. The number of amides is 2. The summed E-state index contributed by atoms with van der Waals surface area (Å²) in [4.78, 5) is 30.9. The number of hydrogen-bond acceptors (Lipinski definition) is 6. The van der Waals surface area contributed by atoms with Gasteiger partial charge >= 0.3 is 0 Å². The molecule has 4 heterocycles. The molecule has 178 valence electrons. The van der Waals surface area contributed by atoms with Crippen LogP contribution in [-0.2, 0) is 9.59 Å². The fourth-order valence-corrected chi connectivity index (χ4v) is 4.34. The van der Waals surface area contributed by atoms with Crippen molar-refractivity contribution in [2.45, 2.75) is 19.3 Å². The molecule has 4 aromatic rings. The first-order valence-electron chi connectivity index (χ1n) is 11.5. The zero-order chi connectivity index (χ0) is 24.2. The first-order valence-corrected chi connectivity index (χ1v) is 11.5. The Kier molecular flexibility index (Phi) is 6.25. The topological polar surface area (TPSA) is 132 Å². The second-order valence-corrected chi connectivity index (χ2v) is 8.59. The summed E-state index contributed by atoms with van der Waals surface area (Å²) in [6.45, 7) is 4.87. The summed E-state index contributed by atoms with van der Waals surface area (Å²) >= 11 is 0. The number of carbonyl (C=O) groups is 2. The summed E-state index contributed by atoms with van der Waals surface area (Å²) in [5, 5.41) is 20.5. The van der Waals surface area contributed by atoms with E-state index in [9.17, 15) is 9.59 Å². The average molecular weight is 471 g/mol. The third-order valence-electron chi connectivity index (χ3n) is 6.10. The first-order chi connectivity index (χ1) is 17.1. The van der Waals surface area contributed by atoms with Crippen LogP contribution in [0.3, 0.4) is 0 Å². The van der Waals surface area contributed by atoms with Gasteiger partial charge in [0.1, 0.15) is 5.52 Å². The maximum absolute atomic E-state index is 12.6. The molecule has 1 aliphatic rings. The molecule has 1 saturated heterocycles. The number of H-pyrrole nitrogens is 2. The van der Waals surface area contributed by atoms with Gasteiger partial charge < -0.3 is 15.5 Å². The molecule has 1 aliphatic heterocycles. The highest BCUT2D eigenvalue weighted by atomic mass is 16.2. The van der Waals surface area contributed by atoms with Gasteiger partial charge in [0.25, 0.3) is 0 Å². The number of pyridine rings is 1. The third-order valence-corrected chi connectivity index (χ3v) is 6.10. The predicted molar refractivity (Wildman–Crippen MR) is 134 cm³/mol. The monoisotopic (exact) mass is 470 g/mol. The molecule has 1 fully saturated rings. The smallest absolute Gasteiger partial charge is 0.245 e. The van der Waals surface area contributed by atoms with Gasteiger partial charge in [-0.05, 0) is 67.3 Å². The molecule has 10 nitrogen and oxygen atoms in total. The van der Waals surface area contributed by atoms with Gasteiger partial charge in [-0.25, -0.2) is 4.98 Å². The van der Waals surface area contributed by atoms with Gasteiger partial charge in [-0.15, -0.1) is 0 Å². The van der Waals surface area contributed by atoms with E-state index in [1.807, 2.05) is 42.5 Å². The highest BCUT2D eigenvalue weighted by Crippen LogP contribution is 2.26. The molecule has 0 spiro atoms. The van der Waals surface area contributed by atoms with Crippen molar-refractivity contribution in [2.24, 2.45) is 5.92 Å². The average Bonchev–Trinajstić information content (AvgIpc) is 3.55. The number of nitrogens with one attached hydrogen (secondary N) is 4. The second-order valence-electron chi connectivity index (χ2n) is 8.59. The van der Waals surface area contributed by atoms with Crippen molar-refractivity contribution in [2.75, 3.05) is 23.7 Å². The number of piperidine rings is 1. The molecule has 1 atom stereocenters. The number of rotatable bonds is 7. The van der Waals surface area contributed by atoms with Crippen LogP contribution in [0.2, 0.25) is 0 Å². The fraction of sp³-hybridized carbons (Fsp3) is 0.240. The summed E-state index contributed by atoms with van der Waals surface area (Å²) in [6, 6.07) is 13.1. The molecule has 35 heavy (non-hydrogen) atoms. The van der Waals surface area contributed by atoms with Crippen molar-refractivity contribution in [3.05, 3.63) is 61.3 Å². The van der Waals surface area contributed by atoms with E-state index in [1.54, 1.807) is 11.1 Å². The minimum atomic E-state index is -0.0735. The Labute approximate surface area is 201 Å². The number of nitrogens with zero attached hydrogens (tertiary/aromatic N) is 4. The van der Waals surface area contributed by atoms with Crippen LogP contribution < -0.4 is 10.6 Å². The van der Waals surface area contributed by atoms with Crippen molar-refractivity contribution < 1.29 is 9.59 Å². The molecule has 10 heteroatoms. The van der Waals surface area contributed by atoms with Crippen molar-refractivity contribution >= 4 is 40.0 Å². The van der Waals surface area contributed by atoms with Crippen molar-refractivity contribution in [1.82, 2.24) is 30.3 Å². The van der Waals surface area contributed by atoms with Crippen LogP contribution in [0.4, 0.5) is 17.2 Å². The highest BCUT2D eigenvalue weighted by molar-refractivity contribution is 5.92. The van der Waals surface area contributed by atoms with Gasteiger partial charge in [0.2, 0.25) is 11.8 Å². The Morgan fingerprint density at radius 1 is 1.11 bits per heavy atom. The molecule has 2 amide bonds. The predicted octanol–water partition coefficient (Wildman–Crippen LogP) is 3.84. The maximum Gasteiger partial charge on any atom is 0.245 e. The van der Waals surface area contributed by atoms with Gasteiger partial charge in [-0.2, -0.15) is 10.2 Å². The van der Waals surface area contributed by atoms with Crippen LogP contribution >= 0.6 is 0 Å². The minimum absolute atomic E-state index is 0.0579. The number of carbonyl (C=O) groups excluding carboxylic acids is 2. The van der Waals surface area contributed by atoms with E-state index in [0.717, 1.165) is 42.0 Å². The Bertz CT molecular complexity index is 1340. The van der Waals surface area contributed by atoms with Crippen molar-refractivity contribution in [1.29, 1.82) is 0 Å². The van der Waals surface area contributed by atoms with Crippen LogP contribution in [0.25, 0.3) is 22.4 Å². The van der Waals surface area contributed by atoms with E-state index >= 15 is 0 Å². The zero-order valence-electron chi connectivity index (χ0n) is 19.1. The van der Waals surface area contributed by atoms with Crippen molar-refractivity contribution in [3.63, 3.8) is 0 Å². The molecule has 4 N–H and O–H groups in total. The second kappa shape index (κ2) is 9.80. The Morgan fingerprint density at radius 3 is 2.71 bits per heavy atom. The molecular formula is C25H26N8O2. The summed E-state index contributed by atoms with van der Waals surface area (Å²) in [5.41, 5.74) is 4.65. The quantitative estimate of drug-likeness (QED) is 0.304. The third kappa shape index (κ3) is 5.06. The lowest BCUT2D eigenvalue weighted by molar-refractivity contribution is -0.128. The van der Waals surface area contributed by atoms with E-state index in [2.05, 4.69) is 37.6 Å². The van der Waals surface area contributed by atoms with E-state index in [4.69, 9.17) is 4.98 Å². The number of aromatic amines is 2. The van der Waals surface area contributed by atoms with Crippen LogP contribution in [0.1, 0.15) is 19.3 Å². The number of hydrogen-bond donors (Lipinski definition) is 4. The lowest BCUT2D eigenvalue weighted by Gasteiger charge is -2.31. The molecule has 1 aromatic carbocycles. The standard InChI is InChI=1S/C25H26N8O2/c1-2-23(35)33-13-3-4-16(15-33)14-22(34)27-17-5-7-18(8-6-17)28-25-24-21(31-32-25)10-9-19(29-24)20-11-12-26-30-20/h2,5-12,16H,1,3-4,13-15H2,(H,26,30)(H,27,34)(H2,28,31,32)/t16-/m1/s1. The lowest BCUT2D eigenvalue weighted by Crippen LogP contribution is -2.40. The maximum atomic E-state index is 12.6. The van der Waals surface area contributed by atoms with Gasteiger partial charge in [-0.3, -0.25) is 19.8 Å². The lowest BCUT2D eigenvalue weighted by atomic mass is 9.94. The number of fused-ring (bicyclic) bond motifs is 1.